The standard InChI is InChI=1S/C14H11BrN4S/c1-19-8-9(7-16-19)12-6-13(20)18-14(17-12)10-4-2-3-5-11(10)15/h2-8H,1H3,(H,17,18,20). The van der Waals surface area contributed by atoms with Crippen LogP contribution in [0.15, 0.2) is 47.2 Å². The van der Waals surface area contributed by atoms with E-state index in [0.717, 1.165) is 27.1 Å². The molecule has 0 spiro atoms. The lowest BCUT2D eigenvalue weighted by Crippen LogP contribution is -1.93. The molecule has 0 saturated carbocycles. The number of aryl methyl sites for hydroxylation is 1. The summed E-state index contributed by atoms with van der Waals surface area (Å²) in [5, 5.41) is 4.18. The minimum Gasteiger partial charge on any atom is -0.339 e. The first kappa shape index (κ1) is 13.2. The topological polar surface area (TPSA) is 46.5 Å². The maximum absolute atomic E-state index is 5.26. The second kappa shape index (κ2) is 5.30. The van der Waals surface area contributed by atoms with Crippen molar-refractivity contribution >= 4 is 28.1 Å². The van der Waals surface area contributed by atoms with Crippen LogP contribution < -0.4 is 0 Å². The highest BCUT2D eigenvalue weighted by Gasteiger charge is 2.08. The van der Waals surface area contributed by atoms with Crippen molar-refractivity contribution < 1.29 is 0 Å². The van der Waals surface area contributed by atoms with E-state index in [1.54, 1.807) is 10.9 Å². The van der Waals surface area contributed by atoms with Crippen LogP contribution in [0, 0.1) is 4.64 Å². The van der Waals surface area contributed by atoms with Gasteiger partial charge < -0.3 is 4.98 Å². The molecular weight excluding hydrogens is 336 g/mol. The molecule has 0 unspecified atom stereocenters. The van der Waals surface area contributed by atoms with E-state index < -0.39 is 0 Å². The highest BCUT2D eigenvalue weighted by Crippen LogP contribution is 2.27. The fourth-order valence-electron chi connectivity index (χ4n) is 1.95. The number of nitrogens with one attached hydrogen (secondary N) is 1. The Labute approximate surface area is 129 Å². The van der Waals surface area contributed by atoms with Gasteiger partial charge in [0.15, 0.2) is 0 Å². The first-order valence-corrected chi connectivity index (χ1v) is 7.19. The Balaban J connectivity index is 2.17. The number of benzene rings is 1. The molecule has 2 heterocycles. The Morgan fingerprint density at radius 3 is 2.80 bits per heavy atom. The van der Waals surface area contributed by atoms with Gasteiger partial charge in [-0.2, -0.15) is 5.10 Å². The maximum atomic E-state index is 5.26. The summed E-state index contributed by atoms with van der Waals surface area (Å²) in [5.74, 6) is 0.740. The van der Waals surface area contributed by atoms with Crippen LogP contribution in [0.5, 0.6) is 0 Å². The predicted octanol–water partition coefficient (Wildman–Crippen LogP) is 3.97. The van der Waals surface area contributed by atoms with Crippen LogP contribution in [0.4, 0.5) is 0 Å². The average Bonchev–Trinajstić information content (AvgIpc) is 2.85. The van der Waals surface area contributed by atoms with Crippen molar-refractivity contribution in [3.63, 3.8) is 0 Å². The quantitative estimate of drug-likeness (QED) is 0.714. The van der Waals surface area contributed by atoms with Crippen LogP contribution in [-0.4, -0.2) is 19.7 Å². The molecule has 100 valence electrons. The Hall–Kier alpha value is -1.79. The Morgan fingerprint density at radius 2 is 2.10 bits per heavy atom. The van der Waals surface area contributed by atoms with Gasteiger partial charge in [-0.25, -0.2) is 4.98 Å². The molecule has 0 aliphatic heterocycles. The molecule has 20 heavy (non-hydrogen) atoms. The molecule has 0 fully saturated rings. The number of H-pyrrole nitrogens is 1. The van der Waals surface area contributed by atoms with Gasteiger partial charge in [-0.3, -0.25) is 4.68 Å². The zero-order valence-electron chi connectivity index (χ0n) is 10.7. The predicted molar refractivity (Wildman–Crippen MR) is 84.8 cm³/mol. The summed E-state index contributed by atoms with van der Waals surface area (Å²) in [6, 6.07) is 9.74. The van der Waals surface area contributed by atoms with Crippen molar-refractivity contribution in [3.8, 4) is 22.6 Å². The first-order chi connectivity index (χ1) is 9.63. The lowest BCUT2D eigenvalue weighted by Gasteiger charge is -2.06. The van der Waals surface area contributed by atoms with E-state index in [9.17, 15) is 0 Å². The van der Waals surface area contributed by atoms with Gasteiger partial charge in [0.25, 0.3) is 0 Å². The summed E-state index contributed by atoms with van der Waals surface area (Å²) in [4.78, 5) is 7.71. The summed E-state index contributed by atoms with van der Waals surface area (Å²) < 4.78 is 3.28. The lowest BCUT2D eigenvalue weighted by molar-refractivity contribution is 0.768. The lowest BCUT2D eigenvalue weighted by atomic mass is 10.2. The fraction of sp³-hybridized carbons (Fsp3) is 0.0714. The second-order valence-electron chi connectivity index (χ2n) is 4.36. The third-order valence-corrected chi connectivity index (χ3v) is 3.79. The van der Waals surface area contributed by atoms with Crippen LogP contribution >= 0.6 is 28.1 Å². The van der Waals surface area contributed by atoms with E-state index in [1.165, 1.54) is 0 Å². The molecule has 0 aliphatic rings. The summed E-state index contributed by atoms with van der Waals surface area (Å²) in [7, 11) is 1.88. The van der Waals surface area contributed by atoms with Crippen LogP contribution in [0.25, 0.3) is 22.6 Å². The van der Waals surface area contributed by atoms with Crippen molar-refractivity contribution in [2.24, 2.45) is 7.05 Å². The summed E-state index contributed by atoms with van der Waals surface area (Å²) in [6.07, 6.45) is 3.73. The zero-order valence-corrected chi connectivity index (χ0v) is 13.1. The molecule has 0 saturated heterocycles. The van der Waals surface area contributed by atoms with Crippen molar-refractivity contribution in [3.05, 3.63) is 51.8 Å². The van der Waals surface area contributed by atoms with Gasteiger partial charge in [-0.1, -0.05) is 46.3 Å². The number of aromatic amines is 1. The monoisotopic (exact) mass is 346 g/mol. The number of nitrogens with zero attached hydrogens (tertiary/aromatic N) is 3. The Bertz CT molecular complexity index is 822. The van der Waals surface area contributed by atoms with Crippen molar-refractivity contribution in [2.45, 2.75) is 0 Å². The minimum absolute atomic E-state index is 0.549. The number of hydrogen-bond acceptors (Lipinski definition) is 3. The summed E-state index contributed by atoms with van der Waals surface area (Å²) in [5.41, 5.74) is 2.86. The highest BCUT2D eigenvalue weighted by atomic mass is 79.9. The number of halogens is 1. The summed E-state index contributed by atoms with van der Waals surface area (Å²) >= 11 is 8.80. The molecule has 3 rings (SSSR count). The van der Waals surface area contributed by atoms with Gasteiger partial charge in [-0.15, -0.1) is 0 Å². The van der Waals surface area contributed by atoms with Gasteiger partial charge in [0.1, 0.15) is 10.5 Å². The molecule has 1 aromatic carbocycles. The SMILES string of the molecule is Cn1cc(-c2cc(=S)nc(-c3ccccc3Br)[nH]2)cn1. The molecule has 0 amide bonds. The Morgan fingerprint density at radius 1 is 1.30 bits per heavy atom. The molecule has 4 nitrogen and oxygen atoms in total. The van der Waals surface area contributed by atoms with Crippen LogP contribution in [-0.2, 0) is 7.05 Å². The minimum atomic E-state index is 0.549. The van der Waals surface area contributed by atoms with E-state index in [0.29, 0.717) is 4.64 Å². The molecular formula is C14H11BrN4S. The number of aromatic nitrogens is 4. The van der Waals surface area contributed by atoms with Gasteiger partial charge in [0.2, 0.25) is 0 Å². The smallest absolute Gasteiger partial charge is 0.140 e. The molecule has 6 heteroatoms. The van der Waals surface area contributed by atoms with Gasteiger partial charge >= 0.3 is 0 Å². The van der Waals surface area contributed by atoms with Crippen molar-refractivity contribution in [1.29, 1.82) is 0 Å². The molecule has 0 atom stereocenters. The van der Waals surface area contributed by atoms with Crippen LogP contribution in [0.2, 0.25) is 0 Å². The molecule has 1 N–H and O–H groups in total. The van der Waals surface area contributed by atoms with E-state index in [2.05, 4.69) is 31.0 Å². The number of hydrogen-bond donors (Lipinski definition) is 1. The number of rotatable bonds is 2. The first-order valence-electron chi connectivity index (χ1n) is 5.99. The van der Waals surface area contributed by atoms with E-state index in [-0.39, 0.29) is 0 Å². The molecule has 0 bridgehead atoms. The van der Waals surface area contributed by atoms with Crippen molar-refractivity contribution in [2.75, 3.05) is 0 Å². The van der Waals surface area contributed by atoms with E-state index >= 15 is 0 Å². The third-order valence-electron chi connectivity index (χ3n) is 2.89. The van der Waals surface area contributed by atoms with E-state index in [4.69, 9.17) is 12.2 Å². The molecule has 0 radical (unpaired) electrons. The van der Waals surface area contributed by atoms with Gasteiger partial charge in [0.05, 0.1) is 11.9 Å². The highest BCUT2D eigenvalue weighted by molar-refractivity contribution is 9.10. The zero-order chi connectivity index (χ0) is 14.1. The average molecular weight is 347 g/mol. The van der Waals surface area contributed by atoms with Crippen LogP contribution in [0.1, 0.15) is 0 Å². The molecule has 3 aromatic rings. The Kier molecular flexibility index (Phi) is 3.50. The van der Waals surface area contributed by atoms with Gasteiger partial charge in [-0.05, 0) is 12.1 Å². The van der Waals surface area contributed by atoms with E-state index in [1.807, 2.05) is 43.6 Å². The summed E-state index contributed by atoms with van der Waals surface area (Å²) in [6.45, 7) is 0. The third kappa shape index (κ3) is 2.57. The second-order valence-corrected chi connectivity index (χ2v) is 5.64. The normalized spacial score (nSPS) is 10.7. The van der Waals surface area contributed by atoms with Gasteiger partial charge in [0, 0.05) is 28.8 Å². The van der Waals surface area contributed by atoms with Crippen LogP contribution in [0.3, 0.4) is 0 Å². The molecule has 2 aromatic heterocycles. The largest absolute Gasteiger partial charge is 0.339 e. The molecule has 0 aliphatic carbocycles. The fourth-order valence-corrected chi connectivity index (χ4v) is 2.64. The van der Waals surface area contributed by atoms with Crippen molar-refractivity contribution in [1.82, 2.24) is 19.7 Å². The maximum Gasteiger partial charge on any atom is 0.140 e.